The van der Waals surface area contributed by atoms with Gasteiger partial charge in [0.15, 0.2) is 0 Å². The van der Waals surface area contributed by atoms with Crippen molar-refractivity contribution in [3.8, 4) is 56.4 Å². The molecule has 6 nitrogen and oxygen atoms in total. The van der Waals surface area contributed by atoms with Crippen LogP contribution in [0.5, 0.6) is 0 Å². The molecule has 6 heteroatoms. The highest BCUT2D eigenvalue weighted by molar-refractivity contribution is 5.95. The van der Waals surface area contributed by atoms with Crippen molar-refractivity contribution in [3.63, 3.8) is 0 Å². The normalized spacial score (nSPS) is 10.8. The van der Waals surface area contributed by atoms with Crippen LogP contribution in [0.3, 0.4) is 0 Å². The molecule has 0 fully saturated rings. The average molecular weight is 465 g/mol. The van der Waals surface area contributed by atoms with Crippen LogP contribution < -0.4 is 0 Å². The van der Waals surface area contributed by atoms with Crippen LogP contribution in [-0.2, 0) is 0 Å². The summed E-state index contributed by atoms with van der Waals surface area (Å²) in [4.78, 5) is 28.2. The van der Waals surface area contributed by atoms with Gasteiger partial charge in [0.05, 0.1) is 33.9 Å². The van der Waals surface area contributed by atoms with E-state index in [1.54, 1.807) is 25.0 Å². The third-order valence-corrected chi connectivity index (χ3v) is 5.86. The summed E-state index contributed by atoms with van der Waals surface area (Å²) in [6.07, 6.45) is 6.71. The predicted molar refractivity (Wildman–Crippen MR) is 140 cm³/mol. The zero-order chi connectivity index (χ0) is 24.2. The second kappa shape index (κ2) is 9.64. The third-order valence-electron chi connectivity index (χ3n) is 5.86. The molecule has 0 bridgehead atoms. The van der Waals surface area contributed by atoms with Crippen LogP contribution >= 0.6 is 0 Å². The van der Waals surface area contributed by atoms with Gasteiger partial charge in [0.25, 0.3) is 0 Å². The molecule has 0 aliphatic rings. The maximum absolute atomic E-state index is 4.76. The Balaban J connectivity index is 1.70. The van der Waals surface area contributed by atoms with Crippen LogP contribution in [0.4, 0.5) is 0 Å². The fraction of sp³-hybridized carbons (Fsp3) is 0. The number of pyridine rings is 2. The Labute approximate surface area is 208 Å². The van der Waals surface area contributed by atoms with Gasteiger partial charge in [-0.2, -0.15) is 0 Å². The second-order valence-electron chi connectivity index (χ2n) is 8.05. The number of aromatic nitrogens is 6. The lowest BCUT2D eigenvalue weighted by molar-refractivity contribution is 1.12. The van der Waals surface area contributed by atoms with Gasteiger partial charge in [0, 0.05) is 23.5 Å². The molecule has 170 valence electrons. The van der Waals surface area contributed by atoms with Crippen molar-refractivity contribution in [2.75, 3.05) is 0 Å². The zero-order valence-electron chi connectivity index (χ0n) is 19.2. The zero-order valence-corrected chi connectivity index (χ0v) is 19.2. The van der Waals surface area contributed by atoms with Gasteiger partial charge in [0.1, 0.15) is 24.0 Å². The minimum absolute atomic E-state index is 0.669. The highest BCUT2D eigenvalue weighted by Crippen LogP contribution is 2.41. The highest BCUT2D eigenvalue weighted by atomic mass is 14.9. The molecule has 0 spiro atoms. The van der Waals surface area contributed by atoms with E-state index in [0.29, 0.717) is 11.4 Å². The summed E-state index contributed by atoms with van der Waals surface area (Å²) in [7, 11) is 0. The summed E-state index contributed by atoms with van der Waals surface area (Å²) in [5, 5.41) is 0. The molecule has 0 N–H and O–H groups in total. The van der Waals surface area contributed by atoms with E-state index in [0.717, 1.165) is 45.0 Å². The van der Waals surface area contributed by atoms with E-state index in [2.05, 4.69) is 19.9 Å². The first-order valence-electron chi connectivity index (χ1n) is 11.5. The Hall–Kier alpha value is -5.10. The lowest BCUT2D eigenvalue weighted by Gasteiger charge is -2.17. The van der Waals surface area contributed by atoms with E-state index in [1.165, 1.54) is 0 Å². The lowest BCUT2D eigenvalue weighted by atomic mass is 9.94. The predicted octanol–water partition coefficient (Wildman–Crippen LogP) is 6.39. The van der Waals surface area contributed by atoms with Crippen molar-refractivity contribution in [1.29, 1.82) is 0 Å². The first-order chi connectivity index (χ1) is 17.9. The van der Waals surface area contributed by atoms with Gasteiger partial charge in [-0.05, 0) is 24.3 Å². The molecule has 0 amide bonds. The van der Waals surface area contributed by atoms with Crippen LogP contribution in [-0.4, -0.2) is 29.9 Å². The van der Waals surface area contributed by atoms with E-state index >= 15 is 0 Å². The molecule has 0 aliphatic heterocycles. The number of hydrogen-bond acceptors (Lipinski definition) is 6. The summed E-state index contributed by atoms with van der Waals surface area (Å²) in [5.74, 6) is 0. The molecular weight excluding hydrogens is 444 g/mol. The van der Waals surface area contributed by atoms with Gasteiger partial charge < -0.3 is 0 Å². The van der Waals surface area contributed by atoms with Crippen LogP contribution in [0.25, 0.3) is 56.4 Å². The van der Waals surface area contributed by atoms with Gasteiger partial charge in [-0.3, -0.25) is 9.97 Å². The monoisotopic (exact) mass is 464 g/mol. The molecule has 0 saturated carbocycles. The van der Waals surface area contributed by atoms with Crippen LogP contribution in [0, 0.1) is 0 Å². The Morgan fingerprint density at radius 2 is 0.722 bits per heavy atom. The fourth-order valence-electron chi connectivity index (χ4n) is 4.27. The first kappa shape index (κ1) is 21.4. The standard InChI is InChI=1S/C30H20N6/c1-3-11-21(12-4-1)27-25(23-15-7-9-17-31-23)29(35-19-33-27)30-26(24-16-8-10-18-32-24)28(34-20-36-30)22-13-5-2-6-14-22/h1-20H. The van der Waals surface area contributed by atoms with E-state index in [9.17, 15) is 0 Å². The Morgan fingerprint density at radius 3 is 1.11 bits per heavy atom. The van der Waals surface area contributed by atoms with E-state index in [1.807, 2.05) is 97.1 Å². The SMILES string of the molecule is c1ccc(-c2ncnc(-c3ncnc(-c4ccccc4)c3-c3ccccn3)c2-c2ccccn2)cc1. The van der Waals surface area contributed by atoms with Gasteiger partial charge in [-0.1, -0.05) is 72.8 Å². The Bertz CT molecular complexity index is 1480. The van der Waals surface area contributed by atoms with Crippen molar-refractivity contribution >= 4 is 0 Å². The molecule has 4 heterocycles. The summed E-state index contributed by atoms with van der Waals surface area (Å²) >= 11 is 0. The largest absolute Gasteiger partial charge is 0.256 e. The average Bonchev–Trinajstić information content (AvgIpc) is 2.98. The molecule has 2 aromatic carbocycles. The van der Waals surface area contributed by atoms with Crippen molar-refractivity contribution in [2.24, 2.45) is 0 Å². The minimum atomic E-state index is 0.669. The molecule has 0 saturated heterocycles. The van der Waals surface area contributed by atoms with Gasteiger partial charge >= 0.3 is 0 Å². The molecule has 36 heavy (non-hydrogen) atoms. The van der Waals surface area contributed by atoms with Crippen molar-refractivity contribution in [1.82, 2.24) is 29.9 Å². The fourth-order valence-corrected chi connectivity index (χ4v) is 4.27. The van der Waals surface area contributed by atoms with Crippen LogP contribution in [0.1, 0.15) is 0 Å². The number of benzene rings is 2. The molecule has 0 aliphatic carbocycles. The summed E-state index contributed by atoms with van der Waals surface area (Å²) in [6.45, 7) is 0. The molecule has 0 atom stereocenters. The van der Waals surface area contributed by atoms with Gasteiger partial charge in [-0.15, -0.1) is 0 Å². The topological polar surface area (TPSA) is 77.3 Å². The summed E-state index contributed by atoms with van der Waals surface area (Å²) < 4.78 is 0. The summed E-state index contributed by atoms with van der Waals surface area (Å²) in [5.41, 5.74) is 7.98. The molecule has 0 radical (unpaired) electrons. The Morgan fingerprint density at radius 1 is 0.333 bits per heavy atom. The number of nitrogens with zero attached hydrogens (tertiary/aromatic N) is 6. The van der Waals surface area contributed by atoms with Gasteiger partial charge in [0.2, 0.25) is 0 Å². The molecule has 4 aromatic heterocycles. The quantitative estimate of drug-likeness (QED) is 0.294. The van der Waals surface area contributed by atoms with Crippen LogP contribution in [0.15, 0.2) is 122 Å². The van der Waals surface area contributed by atoms with Crippen molar-refractivity contribution < 1.29 is 0 Å². The second-order valence-corrected chi connectivity index (χ2v) is 8.05. The van der Waals surface area contributed by atoms with E-state index in [-0.39, 0.29) is 0 Å². The maximum atomic E-state index is 4.76. The van der Waals surface area contributed by atoms with Crippen LogP contribution in [0.2, 0.25) is 0 Å². The molecular formula is C30H20N6. The summed E-state index contributed by atoms with van der Waals surface area (Å²) in [6, 6.07) is 31.8. The molecule has 0 unspecified atom stereocenters. The smallest absolute Gasteiger partial charge is 0.116 e. The maximum Gasteiger partial charge on any atom is 0.116 e. The number of hydrogen-bond donors (Lipinski definition) is 0. The Kier molecular flexibility index (Phi) is 5.74. The molecule has 6 rings (SSSR count). The minimum Gasteiger partial charge on any atom is -0.256 e. The van der Waals surface area contributed by atoms with E-state index < -0.39 is 0 Å². The lowest BCUT2D eigenvalue weighted by Crippen LogP contribution is -2.03. The van der Waals surface area contributed by atoms with E-state index in [4.69, 9.17) is 9.97 Å². The van der Waals surface area contributed by atoms with Gasteiger partial charge in [-0.25, -0.2) is 19.9 Å². The van der Waals surface area contributed by atoms with Crippen molar-refractivity contribution in [3.05, 3.63) is 122 Å². The highest BCUT2D eigenvalue weighted by Gasteiger charge is 2.24. The third kappa shape index (κ3) is 4.01. The number of rotatable bonds is 5. The molecule has 6 aromatic rings. The first-order valence-corrected chi connectivity index (χ1v) is 11.5. The van der Waals surface area contributed by atoms with Crippen molar-refractivity contribution in [2.45, 2.75) is 0 Å².